The first-order chi connectivity index (χ1) is 5.43. The lowest BCUT2D eigenvalue weighted by molar-refractivity contribution is 1.50. The Labute approximate surface area is 68.6 Å². The van der Waals surface area contributed by atoms with Crippen LogP contribution >= 0.6 is 0 Å². The smallest absolute Gasteiger partial charge is 0.0263 e. The van der Waals surface area contributed by atoms with Crippen LogP contribution in [-0.4, -0.2) is 0 Å². The Bertz CT molecular complexity index is 194. The second-order valence-electron chi connectivity index (χ2n) is 2.68. The Morgan fingerprint density at radius 1 is 1.00 bits per heavy atom. The zero-order chi connectivity index (χ0) is 7.94. The Morgan fingerprint density at radius 3 is 1.82 bits per heavy atom. The lowest BCUT2D eigenvalue weighted by Gasteiger charge is -1.85. The maximum absolute atomic E-state index is 3.63. The van der Waals surface area contributed by atoms with Gasteiger partial charge in [-0.1, -0.05) is 62.2 Å². The molecule has 58 valence electrons. The van der Waals surface area contributed by atoms with Gasteiger partial charge in [-0.3, -0.25) is 0 Å². The summed E-state index contributed by atoms with van der Waals surface area (Å²) in [6, 6.07) is 10.0. The van der Waals surface area contributed by atoms with Gasteiger partial charge in [0.05, 0.1) is 0 Å². The molecule has 1 fully saturated rings. The van der Waals surface area contributed by atoms with Crippen molar-refractivity contribution in [1.82, 2.24) is 0 Å². The average molecular weight is 146 g/mol. The van der Waals surface area contributed by atoms with Crippen molar-refractivity contribution in [1.29, 1.82) is 0 Å². The fourth-order valence-electron chi connectivity index (χ4n) is 0.589. The third kappa shape index (κ3) is 4.38. The first kappa shape index (κ1) is 8.06. The van der Waals surface area contributed by atoms with Crippen LogP contribution in [0.15, 0.2) is 36.9 Å². The molecule has 0 radical (unpaired) electrons. The lowest BCUT2D eigenvalue weighted by Crippen LogP contribution is -1.63. The van der Waals surface area contributed by atoms with Gasteiger partial charge in [0.15, 0.2) is 0 Å². The molecule has 1 aromatic rings. The van der Waals surface area contributed by atoms with Crippen molar-refractivity contribution in [2.24, 2.45) is 0 Å². The van der Waals surface area contributed by atoms with E-state index in [1.807, 2.05) is 36.4 Å². The first-order valence-corrected chi connectivity index (χ1v) is 4.11. The fourth-order valence-corrected chi connectivity index (χ4v) is 0.589. The van der Waals surface area contributed by atoms with Crippen molar-refractivity contribution in [3.05, 3.63) is 42.5 Å². The highest BCUT2D eigenvalue weighted by molar-refractivity contribution is 5.45. The summed E-state index contributed by atoms with van der Waals surface area (Å²) < 4.78 is 0. The van der Waals surface area contributed by atoms with Gasteiger partial charge in [0.25, 0.3) is 0 Å². The zero-order valence-corrected chi connectivity index (χ0v) is 6.79. The van der Waals surface area contributed by atoms with Gasteiger partial charge in [0.1, 0.15) is 0 Å². The van der Waals surface area contributed by atoms with Gasteiger partial charge in [0.2, 0.25) is 0 Å². The molecule has 2 rings (SSSR count). The molecule has 0 heterocycles. The Balaban J connectivity index is 0.000000167. The quantitative estimate of drug-likeness (QED) is 0.569. The summed E-state index contributed by atoms with van der Waals surface area (Å²) in [7, 11) is 0. The van der Waals surface area contributed by atoms with E-state index in [-0.39, 0.29) is 0 Å². The van der Waals surface area contributed by atoms with E-state index < -0.39 is 0 Å². The number of benzene rings is 1. The van der Waals surface area contributed by atoms with E-state index in [4.69, 9.17) is 0 Å². The van der Waals surface area contributed by atoms with Crippen LogP contribution in [0.5, 0.6) is 0 Å². The van der Waals surface area contributed by atoms with Gasteiger partial charge in [-0.15, -0.1) is 0 Å². The Morgan fingerprint density at radius 2 is 1.55 bits per heavy atom. The molecule has 0 nitrogen and oxygen atoms in total. The normalized spacial score (nSPS) is 12.7. The third-order valence-electron chi connectivity index (χ3n) is 1.39. The molecule has 0 bridgehead atoms. The van der Waals surface area contributed by atoms with Crippen LogP contribution in [0, 0.1) is 0 Å². The van der Waals surface area contributed by atoms with Gasteiger partial charge in [-0.25, -0.2) is 0 Å². The van der Waals surface area contributed by atoms with E-state index >= 15 is 0 Å². The van der Waals surface area contributed by atoms with Crippen molar-refractivity contribution in [3.63, 3.8) is 0 Å². The number of rotatable bonds is 1. The van der Waals surface area contributed by atoms with Crippen molar-refractivity contribution in [2.45, 2.75) is 19.3 Å². The van der Waals surface area contributed by atoms with Crippen LogP contribution in [0.3, 0.4) is 0 Å². The Kier molecular flexibility index (Phi) is 3.46. The van der Waals surface area contributed by atoms with Crippen molar-refractivity contribution < 1.29 is 0 Å². The molecule has 0 aliphatic heterocycles. The minimum absolute atomic E-state index is 1.17. The van der Waals surface area contributed by atoms with Crippen LogP contribution in [0.4, 0.5) is 0 Å². The molecule has 0 aromatic heterocycles. The molecule has 1 aromatic carbocycles. The second kappa shape index (κ2) is 4.73. The standard InChI is InChI=1S/C8H8.C3H6/c1-2-8-6-4-3-5-7-8;1-2-3-1/h2-7H,1H2;1-3H2. The molecule has 11 heavy (non-hydrogen) atoms. The maximum Gasteiger partial charge on any atom is -0.0263 e. The molecule has 0 unspecified atom stereocenters. The first-order valence-electron chi connectivity index (χ1n) is 4.11. The van der Waals surface area contributed by atoms with Crippen LogP contribution in [-0.2, 0) is 0 Å². The summed E-state index contributed by atoms with van der Waals surface area (Å²) >= 11 is 0. The highest BCUT2D eigenvalue weighted by Gasteiger charge is 1.95. The van der Waals surface area contributed by atoms with Gasteiger partial charge in [-0.2, -0.15) is 0 Å². The summed E-state index contributed by atoms with van der Waals surface area (Å²) in [5.41, 5.74) is 1.17. The van der Waals surface area contributed by atoms with Crippen LogP contribution in [0.2, 0.25) is 0 Å². The monoisotopic (exact) mass is 146 g/mol. The van der Waals surface area contributed by atoms with E-state index in [1.165, 1.54) is 24.8 Å². The van der Waals surface area contributed by atoms with Crippen LogP contribution in [0.1, 0.15) is 24.8 Å². The van der Waals surface area contributed by atoms with E-state index in [0.29, 0.717) is 0 Å². The van der Waals surface area contributed by atoms with E-state index in [0.717, 1.165) is 0 Å². The van der Waals surface area contributed by atoms with Gasteiger partial charge in [-0.05, 0) is 5.56 Å². The highest BCUT2D eigenvalue weighted by Crippen LogP contribution is 2.14. The van der Waals surface area contributed by atoms with Crippen molar-refractivity contribution >= 4 is 6.08 Å². The van der Waals surface area contributed by atoms with Crippen molar-refractivity contribution in [2.75, 3.05) is 0 Å². The van der Waals surface area contributed by atoms with Crippen LogP contribution in [0.25, 0.3) is 6.08 Å². The minimum Gasteiger partial charge on any atom is -0.0985 e. The van der Waals surface area contributed by atoms with E-state index in [1.54, 1.807) is 0 Å². The molecule has 0 atom stereocenters. The molecule has 0 amide bonds. The van der Waals surface area contributed by atoms with E-state index in [9.17, 15) is 0 Å². The van der Waals surface area contributed by atoms with Gasteiger partial charge < -0.3 is 0 Å². The Hall–Kier alpha value is -1.04. The fraction of sp³-hybridized carbons (Fsp3) is 0.273. The van der Waals surface area contributed by atoms with Gasteiger partial charge in [0, 0.05) is 0 Å². The third-order valence-corrected chi connectivity index (χ3v) is 1.39. The van der Waals surface area contributed by atoms with Crippen LogP contribution < -0.4 is 0 Å². The average Bonchev–Trinajstić information content (AvgIpc) is 2.92. The zero-order valence-electron chi connectivity index (χ0n) is 6.79. The predicted octanol–water partition coefficient (Wildman–Crippen LogP) is 3.50. The summed E-state index contributed by atoms with van der Waals surface area (Å²) in [5, 5.41) is 0. The molecular formula is C11H14. The van der Waals surface area contributed by atoms with E-state index in [2.05, 4.69) is 6.58 Å². The topological polar surface area (TPSA) is 0 Å². The maximum atomic E-state index is 3.63. The number of hydrogen-bond donors (Lipinski definition) is 0. The molecule has 0 heteroatoms. The number of hydrogen-bond acceptors (Lipinski definition) is 0. The SMILES string of the molecule is C1CC1.C=Cc1ccccc1. The molecule has 0 saturated heterocycles. The highest BCUT2D eigenvalue weighted by atomic mass is 14.0. The minimum atomic E-state index is 1.17. The van der Waals surface area contributed by atoms with Crippen molar-refractivity contribution in [3.8, 4) is 0 Å². The second-order valence-corrected chi connectivity index (χ2v) is 2.68. The molecule has 1 saturated carbocycles. The summed E-state index contributed by atoms with van der Waals surface area (Å²) in [6.45, 7) is 3.63. The summed E-state index contributed by atoms with van der Waals surface area (Å²) in [4.78, 5) is 0. The largest absolute Gasteiger partial charge is 0.0985 e. The molecule has 0 spiro atoms. The molecule has 1 aliphatic rings. The summed E-state index contributed by atoms with van der Waals surface area (Å²) in [5.74, 6) is 0. The molecule has 0 N–H and O–H groups in total. The van der Waals surface area contributed by atoms with Gasteiger partial charge >= 0.3 is 0 Å². The summed E-state index contributed by atoms with van der Waals surface area (Å²) in [6.07, 6.45) is 6.33. The lowest BCUT2D eigenvalue weighted by atomic mass is 10.2. The molecular weight excluding hydrogens is 132 g/mol. The predicted molar refractivity (Wildman–Crippen MR) is 50.4 cm³/mol. The molecule has 1 aliphatic carbocycles.